The van der Waals surface area contributed by atoms with Crippen LogP contribution in [-0.4, -0.2) is 24.5 Å². The Bertz CT molecular complexity index is 376. The van der Waals surface area contributed by atoms with Gasteiger partial charge in [-0.15, -0.1) is 0 Å². The van der Waals surface area contributed by atoms with Crippen LogP contribution in [0.25, 0.3) is 0 Å². The molecule has 1 fully saturated rings. The van der Waals surface area contributed by atoms with Gasteiger partial charge in [0.15, 0.2) is 0 Å². The number of hydrogen-bond acceptors (Lipinski definition) is 1. The van der Waals surface area contributed by atoms with Crippen LogP contribution in [0.3, 0.4) is 0 Å². The summed E-state index contributed by atoms with van der Waals surface area (Å²) >= 11 is 0. The predicted octanol–water partition coefficient (Wildman–Crippen LogP) is 1.20. The summed E-state index contributed by atoms with van der Waals surface area (Å²) in [5.74, 6) is 0. The summed E-state index contributed by atoms with van der Waals surface area (Å²) in [5.41, 5.74) is 2.35. The van der Waals surface area contributed by atoms with Gasteiger partial charge in [0.1, 0.15) is 0 Å². The number of aromatic nitrogens is 1. The molecular weight excluding hydrogens is 156 g/mol. The molecule has 0 unspecified atom stereocenters. The van der Waals surface area contributed by atoms with Gasteiger partial charge in [-0.3, -0.25) is 0 Å². The van der Waals surface area contributed by atoms with E-state index in [0.717, 1.165) is 5.69 Å². The molecule has 0 amide bonds. The molecule has 0 N–H and O–H groups in total. The summed E-state index contributed by atoms with van der Waals surface area (Å²) in [4.78, 5) is 4.29. The van der Waals surface area contributed by atoms with E-state index in [1.807, 2.05) is 13.1 Å². The molecule has 1 aliphatic heterocycles. The molecule has 1 saturated carbocycles. The Labute approximate surface area is 79.7 Å². The van der Waals surface area contributed by atoms with Crippen molar-refractivity contribution in [3.63, 3.8) is 0 Å². The molecule has 3 heteroatoms. The topological polar surface area (TPSA) is 12.9 Å². The molecule has 0 saturated heterocycles. The quantitative estimate of drug-likeness (QED) is 0.571. The maximum absolute atomic E-state index is 4.29. The van der Waals surface area contributed by atoms with E-state index in [1.54, 1.807) is 0 Å². The first-order valence-electron chi connectivity index (χ1n) is 4.79. The zero-order chi connectivity index (χ0) is 8.89. The Morgan fingerprint density at radius 3 is 2.69 bits per heavy atom. The third-order valence-electron chi connectivity index (χ3n) is 2.96. The monoisotopic (exact) mass is 166 g/mol. The molecule has 1 aromatic rings. The van der Waals surface area contributed by atoms with Gasteiger partial charge in [-0.05, 0) is 0 Å². The van der Waals surface area contributed by atoms with E-state index < -0.39 is 0 Å². The molecule has 1 spiro atoms. The number of hydrogen-bond donors (Lipinski definition) is 0. The number of rotatable bonds is 1. The molecule has 1 radical (unpaired) electrons. The Balaban J connectivity index is 1.90. The number of aryl methyl sites for hydroxylation is 1. The first kappa shape index (κ1) is 7.54. The molecule has 0 aromatic carbocycles. The first-order chi connectivity index (χ1) is 6.27. The number of pyridine rings is 1. The van der Waals surface area contributed by atoms with Gasteiger partial charge >= 0.3 is 79.1 Å². The average molecular weight is 166 g/mol. The van der Waals surface area contributed by atoms with Crippen molar-refractivity contribution in [3.8, 4) is 0 Å². The SMILES string of the molecule is Cc1ccc(C2=BC3([B]2)CC3)cn1. The van der Waals surface area contributed by atoms with E-state index in [4.69, 9.17) is 0 Å². The third kappa shape index (κ3) is 1.18. The maximum atomic E-state index is 4.29. The second-order valence-electron chi connectivity index (χ2n) is 4.17. The molecule has 1 aliphatic carbocycles. The molecule has 3 rings (SSSR count). The zero-order valence-corrected chi connectivity index (χ0v) is 7.75. The van der Waals surface area contributed by atoms with Gasteiger partial charge in [-0.1, -0.05) is 0 Å². The summed E-state index contributed by atoms with van der Waals surface area (Å²) in [6, 6.07) is 4.22. The van der Waals surface area contributed by atoms with E-state index in [9.17, 15) is 0 Å². The standard InChI is InChI=1S/C10H10B2N/c1-7-2-3-8(6-13-7)9-11-10(12-9)4-5-10/h2-3,6H,4-5H2,1H3. The van der Waals surface area contributed by atoms with Gasteiger partial charge < -0.3 is 0 Å². The van der Waals surface area contributed by atoms with Gasteiger partial charge in [0.05, 0.1) is 0 Å². The summed E-state index contributed by atoms with van der Waals surface area (Å²) in [6.45, 7) is 4.41. The van der Waals surface area contributed by atoms with E-state index in [-0.39, 0.29) is 0 Å². The Hall–Kier alpha value is -0.850. The first-order valence-corrected chi connectivity index (χ1v) is 4.79. The number of nitrogens with zero attached hydrogens (tertiary/aromatic N) is 1. The Kier molecular flexibility index (Phi) is 1.36. The molecule has 2 aliphatic rings. The van der Waals surface area contributed by atoms with Crippen LogP contribution in [0.1, 0.15) is 24.1 Å². The van der Waals surface area contributed by atoms with Gasteiger partial charge in [0.25, 0.3) is 0 Å². The zero-order valence-electron chi connectivity index (χ0n) is 7.75. The minimum absolute atomic E-state index is 0.528. The summed E-state index contributed by atoms with van der Waals surface area (Å²) in [6.07, 6.45) is 4.68. The van der Waals surface area contributed by atoms with Crippen molar-refractivity contribution in [1.29, 1.82) is 0 Å². The molecule has 0 bridgehead atoms. The van der Waals surface area contributed by atoms with Crippen molar-refractivity contribution in [1.82, 2.24) is 4.98 Å². The van der Waals surface area contributed by atoms with Crippen LogP contribution in [0.15, 0.2) is 18.3 Å². The molecule has 0 atom stereocenters. The van der Waals surface area contributed by atoms with E-state index >= 15 is 0 Å². The van der Waals surface area contributed by atoms with Crippen molar-refractivity contribution in [2.24, 2.45) is 0 Å². The second-order valence-corrected chi connectivity index (χ2v) is 4.17. The predicted molar refractivity (Wildman–Crippen MR) is 56.5 cm³/mol. The Morgan fingerprint density at radius 1 is 1.38 bits per heavy atom. The second kappa shape index (κ2) is 2.34. The fraction of sp³-hybridized carbons (Fsp3) is 0.400. The van der Waals surface area contributed by atoms with Crippen LogP contribution in [0.2, 0.25) is 5.21 Å². The minimum atomic E-state index is 0.528. The van der Waals surface area contributed by atoms with Crippen LogP contribution in [0.4, 0.5) is 0 Å². The van der Waals surface area contributed by atoms with Crippen molar-refractivity contribution in [2.45, 2.75) is 25.0 Å². The average Bonchev–Trinajstić information content (AvgIpc) is 2.83. The van der Waals surface area contributed by atoms with Crippen molar-refractivity contribution in [2.75, 3.05) is 0 Å². The molecule has 1 aromatic heterocycles. The van der Waals surface area contributed by atoms with Crippen LogP contribution in [0, 0.1) is 6.92 Å². The van der Waals surface area contributed by atoms with Crippen LogP contribution in [-0.2, 0) is 0 Å². The van der Waals surface area contributed by atoms with Gasteiger partial charge in [-0.25, -0.2) is 0 Å². The summed E-state index contributed by atoms with van der Waals surface area (Å²) < 4.78 is 0. The van der Waals surface area contributed by atoms with E-state index in [2.05, 4.69) is 31.3 Å². The van der Waals surface area contributed by atoms with Crippen LogP contribution in [0.5, 0.6) is 0 Å². The van der Waals surface area contributed by atoms with Crippen LogP contribution < -0.4 is 0 Å². The van der Waals surface area contributed by atoms with Crippen molar-refractivity contribution >= 4 is 19.6 Å². The Morgan fingerprint density at radius 2 is 2.15 bits per heavy atom. The molecule has 61 valence electrons. The molecule has 1 nitrogen and oxygen atoms in total. The summed E-state index contributed by atoms with van der Waals surface area (Å²) in [7, 11) is 2.39. The fourth-order valence-corrected chi connectivity index (χ4v) is 1.84. The van der Waals surface area contributed by atoms with Crippen LogP contribution >= 0.6 is 0 Å². The van der Waals surface area contributed by atoms with Crippen molar-refractivity contribution < 1.29 is 0 Å². The molecular formula is C10H10B2N. The van der Waals surface area contributed by atoms with E-state index in [0.29, 0.717) is 5.21 Å². The fourth-order valence-electron chi connectivity index (χ4n) is 1.84. The van der Waals surface area contributed by atoms with Gasteiger partial charge in [-0.2, -0.15) is 0 Å². The molecule has 13 heavy (non-hydrogen) atoms. The normalized spacial score (nSPS) is 21.2. The molecule has 2 heterocycles. The van der Waals surface area contributed by atoms with Crippen molar-refractivity contribution in [3.05, 3.63) is 29.6 Å². The van der Waals surface area contributed by atoms with E-state index in [1.165, 1.54) is 23.8 Å². The summed E-state index contributed by atoms with van der Waals surface area (Å²) in [5, 5.41) is 1.91. The third-order valence-corrected chi connectivity index (χ3v) is 2.96. The van der Waals surface area contributed by atoms with Gasteiger partial charge in [0, 0.05) is 0 Å². The van der Waals surface area contributed by atoms with Gasteiger partial charge in [0.2, 0.25) is 0 Å².